The molecule has 3 amide bonds. The number of hydrogen-bond donors (Lipinski definition) is 0. The molecule has 0 radical (unpaired) electrons. The third-order valence-corrected chi connectivity index (χ3v) is 6.94. The Morgan fingerprint density at radius 1 is 0.879 bits per heavy atom. The first-order valence-electron chi connectivity index (χ1n) is 10.3. The maximum atomic E-state index is 13.6. The Morgan fingerprint density at radius 3 is 1.97 bits per heavy atom. The third-order valence-electron chi connectivity index (χ3n) is 5.95. The van der Waals surface area contributed by atoms with Gasteiger partial charge in [0.2, 0.25) is 0 Å². The average Bonchev–Trinajstić information content (AvgIpc) is 3.06. The van der Waals surface area contributed by atoms with Crippen molar-refractivity contribution in [3.63, 3.8) is 0 Å². The van der Waals surface area contributed by atoms with Gasteiger partial charge in [0.25, 0.3) is 17.7 Å². The molecule has 2 aromatic rings. The molecule has 1 aliphatic heterocycles. The van der Waals surface area contributed by atoms with Crippen LogP contribution >= 0.6 is 34.8 Å². The number of Topliss-reactive ketones (excluding diaryl/α,β-unsaturated/α-hetero) is 1. The standard InChI is InChI=1S/C24H19Cl3N2O4/c1-13(21(30)14-6-9-16(25)10-7-14)28(22(31)15-8-11-19(26)20(27)12-15)29-23(32)17-4-2-3-5-18(17)24(29)33/h2-3,6-13,17-18H,4-5H2,1H3/t13-,17-,18-/m1/s1. The molecule has 0 N–H and O–H groups in total. The summed E-state index contributed by atoms with van der Waals surface area (Å²) in [7, 11) is 0. The van der Waals surface area contributed by atoms with Gasteiger partial charge in [-0.2, -0.15) is 5.01 Å². The monoisotopic (exact) mass is 504 g/mol. The number of rotatable bonds is 5. The predicted molar refractivity (Wildman–Crippen MR) is 125 cm³/mol. The minimum absolute atomic E-state index is 0.0914. The van der Waals surface area contributed by atoms with Gasteiger partial charge in [-0.05, 0) is 62.2 Å². The smallest absolute Gasteiger partial charge is 0.273 e. The lowest BCUT2D eigenvalue weighted by molar-refractivity contribution is -0.156. The molecule has 0 saturated carbocycles. The van der Waals surface area contributed by atoms with E-state index in [1.807, 2.05) is 12.2 Å². The molecule has 33 heavy (non-hydrogen) atoms. The summed E-state index contributed by atoms with van der Waals surface area (Å²) < 4.78 is 0. The number of imide groups is 1. The molecule has 0 spiro atoms. The van der Waals surface area contributed by atoms with Crippen LogP contribution in [0.5, 0.6) is 0 Å². The van der Waals surface area contributed by atoms with E-state index in [-0.39, 0.29) is 21.2 Å². The van der Waals surface area contributed by atoms with Gasteiger partial charge in [-0.15, -0.1) is 0 Å². The van der Waals surface area contributed by atoms with Crippen molar-refractivity contribution in [2.75, 3.05) is 0 Å². The van der Waals surface area contributed by atoms with E-state index in [0.717, 1.165) is 10.0 Å². The van der Waals surface area contributed by atoms with E-state index in [2.05, 4.69) is 0 Å². The summed E-state index contributed by atoms with van der Waals surface area (Å²) in [6.07, 6.45) is 4.51. The molecule has 3 atom stereocenters. The number of carbonyl (C=O) groups excluding carboxylic acids is 4. The molecule has 9 heteroatoms. The second kappa shape index (κ2) is 9.29. The predicted octanol–water partition coefficient (Wildman–Crippen LogP) is 5.23. The van der Waals surface area contributed by atoms with Crippen LogP contribution in [0.25, 0.3) is 0 Å². The van der Waals surface area contributed by atoms with Crippen molar-refractivity contribution in [2.45, 2.75) is 25.8 Å². The highest BCUT2D eigenvalue weighted by molar-refractivity contribution is 6.42. The zero-order valence-electron chi connectivity index (χ0n) is 17.5. The first-order chi connectivity index (χ1) is 15.7. The van der Waals surface area contributed by atoms with Crippen molar-refractivity contribution < 1.29 is 19.2 Å². The zero-order chi connectivity index (χ0) is 23.9. The molecule has 1 fully saturated rings. The molecule has 0 unspecified atom stereocenters. The number of allylic oxidation sites excluding steroid dienone is 2. The molecule has 6 nitrogen and oxygen atoms in total. The lowest BCUT2D eigenvalue weighted by Gasteiger charge is -2.34. The van der Waals surface area contributed by atoms with Crippen LogP contribution in [0.2, 0.25) is 15.1 Å². The van der Waals surface area contributed by atoms with E-state index in [9.17, 15) is 19.2 Å². The van der Waals surface area contributed by atoms with Gasteiger partial charge in [-0.1, -0.05) is 47.0 Å². The van der Waals surface area contributed by atoms with Gasteiger partial charge in [-0.3, -0.25) is 19.2 Å². The normalized spacial score (nSPS) is 20.5. The van der Waals surface area contributed by atoms with E-state index in [4.69, 9.17) is 34.8 Å². The average molecular weight is 506 g/mol. The van der Waals surface area contributed by atoms with Crippen LogP contribution in [0.15, 0.2) is 54.6 Å². The van der Waals surface area contributed by atoms with Gasteiger partial charge in [0.1, 0.15) is 6.04 Å². The highest BCUT2D eigenvalue weighted by Gasteiger charge is 2.52. The van der Waals surface area contributed by atoms with Gasteiger partial charge < -0.3 is 0 Å². The fraction of sp³-hybridized carbons (Fsp3) is 0.250. The van der Waals surface area contributed by atoms with Crippen molar-refractivity contribution in [2.24, 2.45) is 11.8 Å². The summed E-state index contributed by atoms with van der Waals surface area (Å²) in [6, 6.07) is 9.23. The first kappa shape index (κ1) is 23.5. The summed E-state index contributed by atoms with van der Waals surface area (Å²) in [4.78, 5) is 53.4. The molecule has 4 rings (SSSR count). The van der Waals surface area contributed by atoms with Crippen LogP contribution < -0.4 is 0 Å². The fourth-order valence-electron chi connectivity index (χ4n) is 4.16. The number of carbonyl (C=O) groups is 4. The third kappa shape index (κ3) is 4.31. The van der Waals surface area contributed by atoms with Gasteiger partial charge in [0, 0.05) is 16.1 Å². The van der Waals surface area contributed by atoms with E-state index < -0.39 is 41.4 Å². The topological polar surface area (TPSA) is 74.8 Å². The zero-order valence-corrected chi connectivity index (χ0v) is 19.8. The number of amides is 3. The van der Waals surface area contributed by atoms with Gasteiger partial charge in [-0.25, -0.2) is 5.01 Å². The number of hydrogen-bond acceptors (Lipinski definition) is 4. The lowest BCUT2D eigenvalue weighted by Crippen LogP contribution is -2.56. The first-order valence-corrected chi connectivity index (χ1v) is 11.4. The molecule has 2 aromatic carbocycles. The van der Waals surface area contributed by atoms with E-state index in [1.165, 1.54) is 37.3 Å². The molecule has 170 valence electrons. The molecule has 2 aliphatic rings. The summed E-state index contributed by atoms with van der Waals surface area (Å²) in [6.45, 7) is 1.48. The SMILES string of the molecule is C[C@H](C(=O)c1ccc(Cl)cc1)N(C(=O)c1ccc(Cl)c(Cl)c1)N1C(=O)[C@@H]2CC=CC[C@H]2C1=O. The van der Waals surface area contributed by atoms with Crippen molar-refractivity contribution in [1.29, 1.82) is 0 Å². The van der Waals surface area contributed by atoms with Crippen LogP contribution in [0, 0.1) is 11.8 Å². The van der Waals surface area contributed by atoms with Crippen molar-refractivity contribution in [3.8, 4) is 0 Å². The second-order valence-electron chi connectivity index (χ2n) is 7.97. The Kier molecular flexibility index (Phi) is 6.61. The second-order valence-corrected chi connectivity index (χ2v) is 9.22. The number of hydrazine groups is 1. The molecule has 0 aromatic heterocycles. The lowest BCUT2D eigenvalue weighted by atomic mass is 9.85. The Morgan fingerprint density at radius 2 is 1.42 bits per heavy atom. The Bertz CT molecular complexity index is 1150. The quantitative estimate of drug-likeness (QED) is 0.317. The highest BCUT2D eigenvalue weighted by atomic mass is 35.5. The highest BCUT2D eigenvalue weighted by Crippen LogP contribution is 2.37. The minimum atomic E-state index is -1.16. The van der Waals surface area contributed by atoms with E-state index >= 15 is 0 Å². The maximum absolute atomic E-state index is 13.6. The number of nitrogens with zero attached hydrogens (tertiary/aromatic N) is 2. The van der Waals surface area contributed by atoms with Gasteiger partial charge in [0.05, 0.1) is 21.9 Å². The number of ketones is 1. The van der Waals surface area contributed by atoms with Crippen molar-refractivity contribution >= 4 is 58.3 Å². The summed E-state index contributed by atoms with van der Waals surface area (Å²) >= 11 is 18.0. The van der Waals surface area contributed by atoms with E-state index in [0.29, 0.717) is 17.9 Å². The number of fused-ring (bicyclic) bond motifs is 1. The molecule has 1 heterocycles. The Balaban J connectivity index is 1.76. The largest absolute Gasteiger partial charge is 0.292 e. The number of halogens is 3. The summed E-state index contributed by atoms with van der Waals surface area (Å²) in [5, 5.41) is 2.61. The Labute approximate surface area is 205 Å². The Hall–Kier alpha value is -2.67. The van der Waals surface area contributed by atoms with Crippen molar-refractivity contribution in [3.05, 3.63) is 80.8 Å². The van der Waals surface area contributed by atoms with Gasteiger partial charge >= 0.3 is 0 Å². The molecule has 0 bridgehead atoms. The van der Waals surface area contributed by atoms with Crippen LogP contribution in [0.4, 0.5) is 0 Å². The summed E-state index contributed by atoms with van der Waals surface area (Å²) in [5.74, 6) is -3.30. The van der Waals surface area contributed by atoms with Gasteiger partial charge in [0.15, 0.2) is 5.78 Å². The van der Waals surface area contributed by atoms with Crippen LogP contribution in [0.1, 0.15) is 40.5 Å². The van der Waals surface area contributed by atoms with Crippen LogP contribution in [0.3, 0.4) is 0 Å². The van der Waals surface area contributed by atoms with Crippen LogP contribution in [-0.4, -0.2) is 39.6 Å². The molecule has 1 saturated heterocycles. The fourth-order valence-corrected chi connectivity index (χ4v) is 4.59. The van der Waals surface area contributed by atoms with E-state index in [1.54, 1.807) is 12.1 Å². The maximum Gasteiger partial charge on any atom is 0.273 e. The molecule has 1 aliphatic carbocycles. The summed E-state index contributed by atoms with van der Waals surface area (Å²) in [5.41, 5.74) is 0.380. The molecular formula is C24H19Cl3N2O4. The number of benzene rings is 2. The van der Waals surface area contributed by atoms with Crippen LogP contribution in [-0.2, 0) is 9.59 Å². The van der Waals surface area contributed by atoms with Crippen molar-refractivity contribution in [1.82, 2.24) is 10.0 Å². The molecular weight excluding hydrogens is 487 g/mol. The minimum Gasteiger partial charge on any atom is -0.292 e.